The Kier molecular flexibility index (Phi) is 7.88. The Morgan fingerprint density at radius 1 is 1.20 bits per heavy atom. The molecule has 1 heterocycles. The lowest BCUT2D eigenvalue weighted by Gasteiger charge is -2.13. The van der Waals surface area contributed by atoms with Crippen LogP contribution in [0.3, 0.4) is 0 Å². The number of methoxy groups -OCH3 is 1. The van der Waals surface area contributed by atoms with E-state index in [-0.39, 0.29) is 0 Å². The van der Waals surface area contributed by atoms with E-state index in [1.54, 1.807) is 7.11 Å². The first-order valence-electron chi connectivity index (χ1n) is 6.21. The second kappa shape index (κ2) is 9.13. The lowest BCUT2D eigenvalue weighted by Crippen LogP contribution is -2.21. The zero-order valence-corrected chi connectivity index (χ0v) is 9.96. The molecule has 0 aromatic carbocycles. The van der Waals surface area contributed by atoms with Gasteiger partial charge in [0.05, 0.1) is 0 Å². The van der Waals surface area contributed by atoms with Gasteiger partial charge in [-0.2, -0.15) is 0 Å². The Morgan fingerprint density at radius 3 is 3.00 bits per heavy atom. The third kappa shape index (κ3) is 6.88. The molecule has 1 atom stereocenters. The molecule has 0 spiro atoms. The Balaban J connectivity index is 1.89. The minimum atomic E-state index is 0.811. The predicted octanol–water partition coefficient (Wildman–Crippen LogP) is 1.82. The van der Waals surface area contributed by atoms with E-state index in [1.807, 2.05) is 0 Å². The van der Waals surface area contributed by atoms with Crippen molar-refractivity contribution in [3.8, 4) is 0 Å². The summed E-state index contributed by atoms with van der Waals surface area (Å²) in [5, 5.41) is 3.48. The zero-order chi connectivity index (χ0) is 10.8. The van der Waals surface area contributed by atoms with Crippen molar-refractivity contribution in [2.24, 2.45) is 5.92 Å². The highest BCUT2D eigenvalue weighted by atomic mass is 16.5. The molecule has 1 saturated heterocycles. The summed E-state index contributed by atoms with van der Waals surface area (Å²) in [6.07, 6.45) is 6.31. The van der Waals surface area contributed by atoms with Gasteiger partial charge in [0, 0.05) is 26.9 Å². The van der Waals surface area contributed by atoms with Crippen LogP contribution in [-0.2, 0) is 9.47 Å². The van der Waals surface area contributed by atoms with Gasteiger partial charge in [-0.25, -0.2) is 0 Å². The van der Waals surface area contributed by atoms with Crippen molar-refractivity contribution >= 4 is 0 Å². The molecule has 3 nitrogen and oxygen atoms in total. The highest BCUT2D eigenvalue weighted by Crippen LogP contribution is 2.14. The maximum absolute atomic E-state index is 5.57. The first-order valence-corrected chi connectivity index (χ1v) is 6.21. The number of nitrogens with one attached hydrogen (secondary N) is 1. The van der Waals surface area contributed by atoms with Crippen molar-refractivity contribution in [3.05, 3.63) is 0 Å². The molecule has 0 radical (unpaired) electrons. The summed E-state index contributed by atoms with van der Waals surface area (Å²) in [7, 11) is 1.73. The maximum Gasteiger partial charge on any atom is 0.0487 e. The molecular formula is C12H25NO2. The van der Waals surface area contributed by atoms with E-state index < -0.39 is 0 Å². The molecule has 1 unspecified atom stereocenters. The van der Waals surface area contributed by atoms with Crippen LogP contribution in [0.25, 0.3) is 0 Å². The number of ether oxygens (including phenoxy) is 2. The van der Waals surface area contributed by atoms with Crippen molar-refractivity contribution in [3.63, 3.8) is 0 Å². The molecule has 0 aliphatic carbocycles. The normalized spacial score (nSPS) is 22.6. The molecule has 15 heavy (non-hydrogen) atoms. The second-order valence-electron chi connectivity index (χ2n) is 4.31. The van der Waals surface area contributed by atoms with Crippen LogP contribution < -0.4 is 5.32 Å². The summed E-state index contributed by atoms with van der Waals surface area (Å²) in [6, 6.07) is 0. The van der Waals surface area contributed by atoms with Crippen LogP contribution in [0.4, 0.5) is 0 Å². The lowest BCUT2D eigenvalue weighted by molar-refractivity contribution is 0.0932. The monoisotopic (exact) mass is 215 g/mol. The van der Waals surface area contributed by atoms with Gasteiger partial charge < -0.3 is 14.8 Å². The smallest absolute Gasteiger partial charge is 0.0487 e. The Labute approximate surface area is 93.5 Å². The van der Waals surface area contributed by atoms with Gasteiger partial charge in [-0.3, -0.25) is 0 Å². The first-order chi connectivity index (χ1) is 7.43. The molecule has 1 rings (SSSR count). The Morgan fingerprint density at radius 2 is 2.13 bits per heavy atom. The summed E-state index contributed by atoms with van der Waals surface area (Å²) in [6.45, 7) is 4.95. The van der Waals surface area contributed by atoms with Gasteiger partial charge in [-0.1, -0.05) is 6.42 Å². The third-order valence-corrected chi connectivity index (χ3v) is 2.96. The molecule has 3 heteroatoms. The molecule has 90 valence electrons. The fourth-order valence-electron chi connectivity index (χ4n) is 2.00. The van der Waals surface area contributed by atoms with Gasteiger partial charge in [-0.05, 0) is 44.7 Å². The average molecular weight is 215 g/mol. The van der Waals surface area contributed by atoms with Crippen LogP contribution in [0.5, 0.6) is 0 Å². The summed E-state index contributed by atoms with van der Waals surface area (Å²) in [5.74, 6) is 0.829. The fourth-order valence-corrected chi connectivity index (χ4v) is 2.00. The molecule has 0 saturated carbocycles. The molecule has 0 aromatic heterocycles. The van der Waals surface area contributed by atoms with Crippen LogP contribution in [-0.4, -0.2) is 40.0 Å². The standard InChI is InChI=1S/C12H25NO2/c1-14-8-4-9-15-10-6-12-5-2-3-7-13-11-12/h12-13H,2-11H2,1H3. The van der Waals surface area contributed by atoms with E-state index in [4.69, 9.17) is 9.47 Å². The molecule has 0 aromatic rings. The minimum absolute atomic E-state index is 0.811. The third-order valence-electron chi connectivity index (χ3n) is 2.96. The summed E-state index contributed by atoms with van der Waals surface area (Å²) < 4.78 is 10.5. The summed E-state index contributed by atoms with van der Waals surface area (Å²) in [5.41, 5.74) is 0. The summed E-state index contributed by atoms with van der Waals surface area (Å²) >= 11 is 0. The number of hydrogen-bond donors (Lipinski definition) is 1. The van der Waals surface area contributed by atoms with Crippen LogP contribution in [0.1, 0.15) is 32.1 Å². The van der Waals surface area contributed by atoms with Gasteiger partial charge in [0.1, 0.15) is 0 Å². The van der Waals surface area contributed by atoms with E-state index >= 15 is 0 Å². The van der Waals surface area contributed by atoms with Gasteiger partial charge in [0.25, 0.3) is 0 Å². The highest BCUT2D eigenvalue weighted by molar-refractivity contribution is 4.67. The van der Waals surface area contributed by atoms with Crippen LogP contribution in [0, 0.1) is 5.92 Å². The lowest BCUT2D eigenvalue weighted by atomic mass is 10.0. The summed E-state index contributed by atoms with van der Waals surface area (Å²) in [4.78, 5) is 0. The number of hydrogen-bond acceptors (Lipinski definition) is 3. The molecule has 0 bridgehead atoms. The topological polar surface area (TPSA) is 30.5 Å². The Hall–Kier alpha value is -0.120. The maximum atomic E-state index is 5.57. The van der Waals surface area contributed by atoms with Crippen LogP contribution >= 0.6 is 0 Å². The van der Waals surface area contributed by atoms with Crippen molar-refractivity contribution in [1.29, 1.82) is 0 Å². The molecular weight excluding hydrogens is 190 g/mol. The van der Waals surface area contributed by atoms with Gasteiger partial charge in [-0.15, -0.1) is 0 Å². The van der Waals surface area contributed by atoms with Gasteiger partial charge in [0.2, 0.25) is 0 Å². The van der Waals surface area contributed by atoms with Crippen LogP contribution in [0.2, 0.25) is 0 Å². The van der Waals surface area contributed by atoms with E-state index in [9.17, 15) is 0 Å². The fraction of sp³-hybridized carbons (Fsp3) is 1.00. The van der Waals surface area contributed by atoms with Crippen LogP contribution in [0.15, 0.2) is 0 Å². The van der Waals surface area contributed by atoms with Crippen molar-refractivity contribution in [2.75, 3.05) is 40.0 Å². The van der Waals surface area contributed by atoms with E-state index in [2.05, 4.69) is 5.32 Å². The largest absolute Gasteiger partial charge is 0.385 e. The SMILES string of the molecule is COCCCOCCC1CCCCNC1. The van der Waals surface area contributed by atoms with E-state index in [1.165, 1.54) is 38.8 Å². The van der Waals surface area contributed by atoms with Crippen molar-refractivity contribution < 1.29 is 9.47 Å². The van der Waals surface area contributed by atoms with Crippen molar-refractivity contribution in [1.82, 2.24) is 5.32 Å². The van der Waals surface area contributed by atoms with E-state index in [0.717, 1.165) is 32.2 Å². The highest BCUT2D eigenvalue weighted by Gasteiger charge is 2.10. The molecule has 1 aliphatic rings. The van der Waals surface area contributed by atoms with E-state index in [0.29, 0.717) is 0 Å². The quantitative estimate of drug-likeness (QED) is 0.657. The van der Waals surface area contributed by atoms with Crippen molar-refractivity contribution in [2.45, 2.75) is 32.1 Å². The molecule has 0 amide bonds. The average Bonchev–Trinajstić information content (AvgIpc) is 2.52. The number of rotatable bonds is 7. The minimum Gasteiger partial charge on any atom is -0.385 e. The van der Waals surface area contributed by atoms with Gasteiger partial charge in [0.15, 0.2) is 0 Å². The molecule has 1 N–H and O–H groups in total. The first kappa shape index (κ1) is 12.9. The van der Waals surface area contributed by atoms with Gasteiger partial charge >= 0.3 is 0 Å². The molecule has 1 aliphatic heterocycles. The zero-order valence-electron chi connectivity index (χ0n) is 9.96. The Bertz CT molecular complexity index is 134. The molecule has 1 fully saturated rings. The second-order valence-corrected chi connectivity index (χ2v) is 4.31. The predicted molar refractivity (Wildman–Crippen MR) is 62.1 cm³/mol.